The van der Waals surface area contributed by atoms with Crippen LogP contribution < -0.4 is 5.32 Å². The molecule has 0 bridgehead atoms. The van der Waals surface area contributed by atoms with E-state index in [1.165, 1.54) is 6.07 Å². The first-order valence-corrected chi connectivity index (χ1v) is 5.72. The number of nitrogens with one attached hydrogen (secondary N) is 1. The molecule has 0 saturated heterocycles. The highest BCUT2D eigenvalue weighted by molar-refractivity contribution is 5.42. The number of imidazole rings is 1. The molecule has 0 aliphatic carbocycles. The molecule has 0 spiro atoms. The zero-order valence-corrected chi connectivity index (χ0v) is 10.1. The fraction of sp³-hybridized carbons (Fsp3) is 0.308. The second kappa shape index (κ2) is 5.10. The Hall–Kier alpha value is -1.68. The van der Waals surface area contributed by atoms with Crippen molar-refractivity contribution in [3.63, 3.8) is 0 Å². The molecule has 0 fully saturated rings. The maximum Gasteiger partial charge on any atom is 0.129 e. The van der Waals surface area contributed by atoms with Gasteiger partial charge in [0.1, 0.15) is 11.6 Å². The Kier molecular flexibility index (Phi) is 3.54. The Labute approximate surface area is 100 Å². The van der Waals surface area contributed by atoms with Gasteiger partial charge in [0.15, 0.2) is 0 Å². The fourth-order valence-electron chi connectivity index (χ4n) is 1.83. The third kappa shape index (κ3) is 2.36. The predicted molar refractivity (Wildman–Crippen MR) is 65.6 cm³/mol. The molecule has 0 radical (unpaired) electrons. The summed E-state index contributed by atoms with van der Waals surface area (Å²) in [6.45, 7) is 5.25. The Bertz CT molecular complexity index is 505. The number of benzene rings is 1. The molecule has 2 rings (SSSR count). The number of nitrogens with zero attached hydrogens (tertiary/aromatic N) is 2. The minimum Gasteiger partial charge on any atom is -0.313 e. The van der Waals surface area contributed by atoms with Crippen LogP contribution in [0.25, 0.3) is 5.69 Å². The first-order valence-electron chi connectivity index (χ1n) is 5.72. The summed E-state index contributed by atoms with van der Waals surface area (Å²) in [7, 11) is 0. The number of rotatable bonds is 4. The van der Waals surface area contributed by atoms with Gasteiger partial charge in [0.2, 0.25) is 0 Å². The Morgan fingerprint density at radius 1 is 1.41 bits per heavy atom. The van der Waals surface area contributed by atoms with Crippen LogP contribution in [0.2, 0.25) is 0 Å². The van der Waals surface area contributed by atoms with E-state index in [1.807, 2.05) is 30.7 Å². The van der Waals surface area contributed by atoms with Gasteiger partial charge in [-0.2, -0.15) is 0 Å². The second-order valence-corrected chi connectivity index (χ2v) is 3.86. The molecule has 0 aliphatic heterocycles. The molecule has 0 saturated carbocycles. The third-order valence-electron chi connectivity index (χ3n) is 2.73. The summed E-state index contributed by atoms with van der Waals surface area (Å²) < 4.78 is 15.7. The SMILES string of the molecule is CCNCc1c(F)cccc1-n1ccnc1C. The topological polar surface area (TPSA) is 29.9 Å². The lowest BCUT2D eigenvalue weighted by Gasteiger charge is -2.13. The van der Waals surface area contributed by atoms with Crippen molar-refractivity contribution in [1.29, 1.82) is 0 Å². The van der Waals surface area contributed by atoms with E-state index in [0.29, 0.717) is 12.1 Å². The van der Waals surface area contributed by atoms with Crippen LogP contribution >= 0.6 is 0 Å². The van der Waals surface area contributed by atoms with Gasteiger partial charge in [-0.3, -0.25) is 0 Å². The van der Waals surface area contributed by atoms with Gasteiger partial charge in [0, 0.05) is 24.5 Å². The lowest BCUT2D eigenvalue weighted by molar-refractivity contribution is 0.590. The molecule has 1 heterocycles. The molecular formula is C13H16FN3. The van der Waals surface area contributed by atoms with Crippen molar-refractivity contribution in [2.24, 2.45) is 0 Å². The van der Waals surface area contributed by atoms with Crippen LogP contribution in [-0.2, 0) is 6.54 Å². The zero-order chi connectivity index (χ0) is 12.3. The molecule has 90 valence electrons. The van der Waals surface area contributed by atoms with Gasteiger partial charge in [-0.25, -0.2) is 9.37 Å². The molecule has 17 heavy (non-hydrogen) atoms. The van der Waals surface area contributed by atoms with E-state index in [0.717, 1.165) is 18.1 Å². The summed E-state index contributed by atoms with van der Waals surface area (Å²) in [5, 5.41) is 3.15. The van der Waals surface area contributed by atoms with E-state index < -0.39 is 0 Å². The molecule has 1 N–H and O–H groups in total. The highest BCUT2D eigenvalue weighted by Gasteiger charge is 2.10. The molecular weight excluding hydrogens is 217 g/mol. The molecule has 0 aliphatic rings. The predicted octanol–water partition coefficient (Wildman–Crippen LogP) is 2.43. The van der Waals surface area contributed by atoms with Crippen LogP contribution in [0.1, 0.15) is 18.3 Å². The first-order chi connectivity index (χ1) is 8.24. The van der Waals surface area contributed by atoms with Crippen LogP contribution in [0.4, 0.5) is 4.39 Å². The quantitative estimate of drug-likeness (QED) is 0.879. The van der Waals surface area contributed by atoms with Crippen LogP contribution in [0, 0.1) is 12.7 Å². The lowest BCUT2D eigenvalue weighted by atomic mass is 10.1. The van der Waals surface area contributed by atoms with Gasteiger partial charge < -0.3 is 9.88 Å². The summed E-state index contributed by atoms with van der Waals surface area (Å²) in [5.41, 5.74) is 1.52. The number of hydrogen-bond donors (Lipinski definition) is 1. The van der Waals surface area contributed by atoms with Crippen molar-refractivity contribution in [2.75, 3.05) is 6.54 Å². The van der Waals surface area contributed by atoms with E-state index >= 15 is 0 Å². The zero-order valence-electron chi connectivity index (χ0n) is 10.1. The highest BCUT2D eigenvalue weighted by atomic mass is 19.1. The summed E-state index contributed by atoms with van der Waals surface area (Å²) in [4.78, 5) is 4.16. The smallest absolute Gasteiger partial charge is 0.129 e. The van der Waals surface area contributed by atoms with E-state index in [1.54, 1.807) is 12.3 Å². The molecule has 0 amide bonds. The van der Waals surface area contributed by atoms with Crippen LogP contribution in [0.3, 0.4) is 0 Å². The monoisotopic (exact) mass is 233 g/mol. The molecule has 0 unspecified atom stereocenters. The summed E-state index contributed by atoms with van der Waals surface area (Å²) in [5.74, 6) is 0.671. The van der Waals surface area contributed by atoms with E-state index in [4.69, 9.17) is 0 Å². The largest absolute Gasteiger partial charge is 0.313 e. The molecule has 1 aromatic heterocycles. The van der Waals surface area contributed by atoms with Crippen molar-refractivity contribution in [3.05, 3.63) is 47.8 Å². The van der Waals surface area contributed by atoms with Crippen molar-refractivity contribution in [3.8, 4) is 5.69 Å². The Morgan fingerprint density at radius 3 is 2.88 bits per heavy atom. The van der Waals surface area contributed by atoms with Gasteiger partial charge in [-0.05, 0) is 25.6 Å². The van der Waals surface area contributed by atoms with Gasteiger partial charge in [0.25, 0.3) is 0 Å². The van der Waals surface area contributed by atoms with Crippen LogP contribution in [-0.4, -0.2) is 16.1 Å². The van der Waals surface area contributed by atoms with Gasteiger partial charge in [-0.15, -0.1) is 0 Å². The van der Waals surface area contributed by atoms with E-state index in [2.05, 4.69) is 10.3 Å². The van der Waals surface area contributed by atoms with Crippen molar-refractivity contribution >= 4 is 0 Å². The van der Waals surface area contributed by atoms with Crippen molar-refractivity contribution in [2.45, 2.75) is 20.4 Å². The lowest BCUT2D eigenvalue weighted by Crippen LogP contribution is -2.15. The summed E-state index contributed by atoms with van der Waals surface area (Å²) in [6, 6.07) is 5.12. The van der Waals surface area contributed by atoms with Gasteiger partial charge in [0.05, 0.1) is 5.69 Å². The van der Waals surface area contributed by atoms with E-state index in [-0.39, 0.29) is 5.82 Å². The Balaban J connectivity index is 2.46. The Morgan fingerprint density at radius 2 is 2.24 bits per heavy atom. The number of hydrogen-bond acceptors (Lipinski definition) is 2. The van der Waals surface area contributed by atoms with Crippen LogP contribution in [0.15, 0.2) is 30.6 Å². The number of halogens is 1. The number of aryl methyl sites for hydroxylation is 1. The molecule has 1 aromatic carbocycles. The average Bonchev–Trinajstić information content (AvgIpc) is 2.73. The minimum absolute atomic E-state index is 0.184. The summed E-state index contributed by atoms with van der Waals surface area (Å²) >= 11 is 0. The van der Waals surface area contributed by atoms with Crippen molar-refractivity contribution in [1.82, 2.24) is 14.9 Å². The molecule has 3 nitrogen and oxygen atoms in total. The van der Waals surface area contributed by atoms with Crippen LogP contribution in [0.5, 0.6) is 0 Å². The first kappa shape index (κ1) is 11.8. The van der Waals surface area contributed by atoms with Gasteiger partial charge in [-0.1, -0.05) is 13.0 Å². The minimum atomic E-state index is -0.184. The highest BCUT2D eigenvalue weighted by Crippen LogP contribution is 2.19. The molecule has 0 atom stereocenters. The maximum atomic E-state index is 13.8. The molecule has 2 aromatic rings. The number of aromatic nitrogens is 2. The second-order valence-electron chi connectivity index (χ2n) is 3.86. The maximum absolute atomic E-state index is 13.8. The van der Waals surface area contributed by atoms with Gasteiger partial charge >= 0.3 is 0 Å². The fourth-order valence-corrected chi connectivity index (χ4v) is 1.83. The third-order valence-corrected chi connectivity index (χ3v) is 2.73. The van der Waals surface area contributed by atoms with Crippen molar-refractivity contribution < 1.29 is 4.39 Å². The average molecular weight is 233 g/mol. The standard InChI is InChI=1S/C13H16FN3/c1-3-15-9-11-12(14)5-4-6-13(11)17-8-7-16-10(17)2/h4-8,15H,3,9H2,1-2H3. The normalized spacial score (nSPS) is 10.8. The summed E-state index contributed by atoms with van der Waals surface area (Å²) in [6.07, 6.45) is 3.57. The molecule has 4 heteroatoms. The van der Waals surface area contributed by atoms with E-state index in [9.17, 15) is 4.39 Å².